The number of nitrogens with one attached hydrogen (secondary N) is 1. The van der Waals surface area contributed by atoms with Crippen LogP contribution in [0, 0.1) is 23.7 Å². The van der Waals surface area contributed by atoms with Gasteiger partial charge in [-0.3, -0.25) is 24.6 Å². The number of nitrogen functional groups attached to an aromatic ring is 1. The first-order valence-electron chi connectivity index (χ1n) is 24.5. The van der Waals surface area contributed by atoms with E-state index in [4.69, 9.17) is 10.5 Å². The largest absolute Gasteiger partial charge is 0.507 e. The predicted octanol–water partition coefficient (Wildman–Crippen LogP) is 6.01. The van der Waals surface area contributed by atoms with Crippen molar-refractivity contribution in [3.05, 3.63) is 83.9 Å². The summed E-state index contributed by atoms with van der Waals surface area (Å²) in [5.74, 6) is 4.80. The fourth-order valence-corrected chi connectivity index (χ4v) is 13.3. The van der Waals surface area contributed by atoms with Crippen molar-refractivity contribution in [1.29, 1.82) is 0 Å². The van der Waals surface area contributed by atoms with Crippen LogP contribution in [0.4, 0.5) is 22.9 Å². The minimum atomic E-state index is -0.329. The number of benzene rings is 3. The van der Waals surface area contributed by atoms with E-state index >= 15 is 0 Å². The number of anilines is 4. The summed E-state index contributed by atoms with van der Waals surface area (Å²) in [4.78, 5) is 49.7. The number of likely N-dealkylation sites (tertiary alicyclic amines) is 2. The highest BCUT2D eigenvalue weighted by Gasteiger charge is 2.54. The van der Waals surface area contributed by atoms with Gasteiger partial charge < -0.3 is 35.2 Å². The van der Waals surface area contributed by atoms with Crippen molar-refractivity contribution >= 4 is 40.6 Å². The second-order valence-electron chi connectivity index (χ2n) is 20.2. The molecule has 7 fully saturated rings. The Labute approximate surface area is 387 Å². The van der Waals surface area contributed by atoms with E-state index in [0.29, 0.717) is 85.1 Å². The Kier molecular flexibility index (Phi) is 11.5. The molecule has 7 heterocycles. The summed E-state index contributed by atoms with van der Waals surface area (Å²) in [7, 11) is 2.14. The molecule has 12 rings (SSSR count). The van der Waals surface area contributed by atoms with Crippen LogP contribution in [0.3, 0.4) is 0 Å². The molecule has 5 saturated heterocycles. The Morgan fingerprint density at radius 2 is 1.61 bits per heavy atom. The minimum Gasteiger partial charge on any atom is -0.507 e. The summed E-state index contributed by atoms with van der Waals surface area (Å²) in [6.07, 6.45) is 8.22. The summed E-state index contributed by atoms with van der Waals surface area (Å²) < 4.78 is 6.70. The summed E-state index contributed by atoms with van der Waals surface area (Å²) in [5.41, 5.74) is 13.7. The van der Waals surface area contributed by atoms with Crippen molar-refractivity contribution in [2.75, 3.05) is 86.4 Å². The Hall–Kier alpha value is -5.89. The Morgan fingerprint density at radius 1 is 0.818 bits per heavy atom. The number of hydrogen-bond acceptors (Lipinski definition) is 12. The lowest BCUT2D eigenvalue weighted by Gasteiger charge is -2.44. The molecule has 4 aromatic rings. The van der Waals surface area contributed by atoms with Gasteiger partial charge in [0, 0.05) is 71.1 Å². The average molecular weight is 894 g/mol. The van der Waals surface area contributed by atoms with E-state index in [1.165, 1.54) is 29.7 Å². The predicted molar refractivity (Wildman–Crippen MR) is 255 cm³/mol. The lowest BCUT2D eigenvalue weighted by Crippen LogP contribution is -2.55. The number of nitrogens with zero attached hydrogens (tertiary/aromatic N) is 7. The number of aromatic hydroxyl groups is 1. The maximum atomic E-state index is 13.7. The number of carbonyl (C=O) groups is 3. The molecular formula is C52H63N9O5. The van der Waals surface area contributed by atoms with E-state index < -0.39 is 0 Å². The second-order valence-corrected chi connectivity index (χ2v) is 20.2. The normalized spacial score (nSPS) is 27.2. The van der Waals surface area contributed by atoms with Gasteiger partial charge in [-0.05, 0) is 135 Å². The Morgan fingerprint density at radius 3 is 2.42 bits per heavy atom. The molecule has 4 N–H and O–H groups in total. The highest BCUT2D eigenvalue weighted by molar-refractivity contribution is 6.02. The molecule has 0 radical (unpaired) electrons. The number of hydrogen-bond donors (Lipinski definition) is 3. The summed E-state index contributed by atoms with van der Waals surface area (Å²) in [6.45, 7) is 7.05. The molecule has 14 heteroatoms. The summed E-state index contributed by atoms with van der Waals surface area (Å²) in [6, 6.07) is 24.3. The smallest absolute Gasteiger partial charge is 0.249 e. The zero-order valence-corrected chi connectivity index (χ0v) is 38.1. The number of phenols is 1. The molecule has 3 aromatic carbocycles. The highest BCUT2D eigenvalue weighted by atomic mass is 16.5. The number of ether oxygens (including phenoxy) is 1. The van der Waals surface area contributed by atoms with Crippen LogP contribution >= 0.6 is 0 Å². The van der Waals surface area contributed by atoms with Crippen LogP contribution in [0.2, 0.25) is 0 Å². The van der Waals surface area contributed by atoms with Crippen LogP contribution in [0.25, 0.3) is 11.3 Å². The molecule has 346 valence electrons. The van der Waals surface area contributed by atoms with Gasteiger partial charge in [0.15, 0.2) is 5.82 Å². The van der Waals surface area contributed by atoms with Crippen molar-refractivity contribution in [2.45, 2.75) is 81.8 Å². The van der Waals surface area contributed by atoms with Gasteiger partial charge in [0.05, 0.1) is 29.3 Å². The number of piperidine rings is 3. The molecule has 8 aliphatic rings. The fourth-order valence-electron chi connectivity index (χ4n) is 13.3. The van der Waals surface area contributed by atoms with Crippen molar-refractivity contribution in [1.82, 2.24) is 25.3 Å². The maximum Gasteiger partial charge on any atom is 0.249 e. The number of carbonyl (C=O) groups excluding carboxylic acids is 3. The monoisotopic (exact) mass is 893 g/mol. The zero-order chi connectivity index (χ0) is 45.1. The number of rotatable bonds is 9. The third kappa shape index (κ3) is 8.08. The van der Waals surface area contributed by atoms with E-state index in [9.17, 15) is 19.5 Å². The average Bonchev–Trinajstić information content (AvgIpc) is 3.87. The van der Waals surface area contributed by atoms with Gasteiger partial charge in [0.1, 0.15) is 23.6 Å². The van der Waals surface area contributed by atoms with Crippen LogP contribution in [-0.4, -0.2) is 121 Å². The number of imide groups is 1. The number of nitrogens with two attached hydrogens (primary N) is 1. The fraction of sp³-hybridized carbons (Fsp3) is 0.519. The van der Waals surface area contributed by atoms with Crippen molar-refractivity contribution in [2.24, 2.45) is 23.7 Å². The van der Waals surface area contributed by atoms with Gasteiger partial charge in [0.2, 0.25) is 17.7 Å². The van der Waals surface area contributed by atoms with Crippen LogP contribution in [0.15, 0.2) is 72.8 Å². The number of para-hydroxylation sites is 2. The molecular weight excluding hydrogens is 831 g/mol. The highest BCUT2D eigenvalue weighted by Crippen LogP contribution is 2.62. The lowest BCUT2D eigenvalue weighted by molar-refractivity contribution is -0.135. The molecule has 6 atom stereocenters. The molecule has 2 aliphatic carbocycles. The van der Waals surface area contributed by atoms with E-state index in [1.807, 2.05) is 29.2 Å². The third-order valence-electron chi connectivity index (χ3n) is 16.6. The Bertz CT molecular complexity index is 2490. The number of aromatic nitrogens is 2. The molecule has 4 bridgehead atoms. The van der Waals surface area contributed by atoms with Crippen molar-refractivity contribution < 1.29 is 24.2 Å². The van der Waals surface area contributed by atoms with Crippen LogP contribution in [-0.2, 0) is 14.4 Å². The van der Waals surface area contributed by atoms with Crippen molar-refractivity contribution in [3.63, 3.8) is 0 Å². The van der Waals surface area contributed by atoms with Gasteiger partial charge in [-0.1, -0.05) is 36.4 Å². The summed E-state index contributed by atoms with van der Waals surface area (Å²) >= 11 is 0. The van der Waals surface area contributed by atoms with Crippen molar-refractivity contribution in [3.8, 4) is 22.8 Å². The minimum absolute atomic E-state index is 0.0828. The summed E-state index contributed by atoms with van der Waals surface area (Å²) in [5, 5.41) is 21.7. The number of fused-ring (bicyclic) bond motifs is 4. The van der Waals surface area contributed by atoms with Gasteiger partial charge in [-0.25, -0.2) is 0 Å². The first kappa shape index (κ1) is 42.7. The molecule has 6 aliphatic heterocycles. The van der Waals surface area contributed by atoms with Crippen LogP contribution in [0.1, 0.15) is 80.8 Å². The van der Waals surface area contributed by atoms with E-state index in [0.717, 1.165) is 88.5 Å². The molecule has 2 saturated carbocycles. The third-order valence-corrected chi connectivity index (χ3v) is 16.6. The maximum absolute atomic E-state index is 13.7. The van der Waals surface area contributed by atoms with E-state index in [2.05, 4.69) is 84.6 Å². The number of phenolic OH excluding ortho intramolecular Hbond substituents is 1. The molecule has 14 nitrogen and oxygen atoms in total. The number of likely N-dealkylation sites (N-methyl/N-ethyl adjacent to an activating group) is 1. The van der Waals surface area contributed by atoms with Crippen LogP contribution in [0.5, 0.6) is 11.5 Å². The number of amides is 3. The molecule has 0 spiro atoms. The molecule has 3 unspecified atom stereocenters. The first-order valence-corrected chi connectivity index (χ1v) is 24.5. The quantitative estimate of drug-likeness (QED) is 0.168. The van der Waals surface area contributed by atoms with Gasteiger partial charge in [-0.15, -0.1) is 10.2 Å². The van der Waals surface area contributed by atoms with E-state index in [1.54, 1.807) is 6.07 Å². The van der Waals surface area contributed by atoms with E-state index in [-0.39, 0.29) is 35.6 Å². The first-order chi connectivity index (χ1) is 32.1. The SMILES string of the molecule is CN1CCN([C@@H]2CCC(=O)NC2=O)c2cccc(C3CCN(CC(=O)N4CCC(Oc5cccc(C6C7C[C@H]8CN(c9cc(-c%10ccccc%10O)nnc9N)CC[C@H]7CC68)c5)CC4)CC3)c21. The molecule has 1 aromatic heterocycles. The molecule has 3 amide bonds. The second kappa shape index (κ2) is 17.7. The van der Waals surface area contributed by atoms with Gasteiger partial charge in [-0.2, -0.15) is 0 Å². The Balaban J connectivity index is 0.671. The topological polar surface area (TPSA) is 161 Å². The van der Waals surface area contributed by atoms with Gasteiger partial charge in [0.25, 0.3) is 0 Å². The lowest BCUT2D eigenvalue weighted by atomic mass is 9.78. The standard InChI is InChI=1S/C52H63N9O5/c1-57-24-25-61(44-12-13-47(63)54-52(44)65)43-10-5-9-38(50(43)57)32-14-19-58(20-15-32)31-48(64)59-22-17-36(18-23-59)66-37-7-4-6-34(26-37)49-40-28-35-30-60(21-16-33(40)27-41(35)49)45-29-42(55-56-51(45)53)39-8-2-3-11-46(39)62/h2-11,26,29,32-33,35-36,40-41,44,49,62H,12-25,27-28,30-31H2,1H3,(H2,53,56)(H,54,63,65)/t33-,35-,40?,41?,44+,49?/m0/s1. The zero-order valence-electron chi connectivity index (χ0n) is 38.1. The van der Waals surface area contributed by atoms with Crippen LogP contribution < -0.4 is 30.5 Å². The molecule has 66 heavy (non-hydrogen) atoms. The van der Waals surface area contributed by atoms with Gasteiger partial charge >= 0.3 is 0 Å².